The fraction of sp³-hybridized carbons (Fsp3) is 0.125. The van der Waals surface area contributed by atoms with Crippen LogP contribution < -0.4 is 14.8 Å². The number of aromatic nitrogens is 4. The molecule has 0 aliphatic rings. The lowest BCUT2D eigenvalue weighted by Crippen LogP contribution is -2.03. The first-order chi connectivity index (χ1) is 11.3. The van der Waals surface area contributed by atoms with E-state index in [2.05, 4.69) is 25.3 Å². The van der Waals surface area contributed by atoms with Crippen LogP contribution >= 0.6 is 0 Å². The Morgan fingerprint density at radius 1 is 0.870 bits per heavy atom. The minimum absolute atomic E-state index is 0.226. The van der Waals surface area contributed by atoms with Crippen molar-refractivity contribution in [1.82, 2.24) is 19.9 Å². The molecule has 0 fully saturated rings. The molecule has 0 aliphatic heterocycles. The number of benzene rings is 1. The van der Waals surface area contributed by atoms with Crippen LogP contribution in [0.3, 0.4) is 0 Å². The SMILES string of the molecule is COc1ccc(-c2nc(Nc3ccccc3)nc(OC)n2)cn1. The lowest BCUT2D eigenvalue weighted by atomic mass is 10.2. The maximum absolute atomic E-state index is 5.15. The summed E-state index contributed by atoms with van der Waals surface area (Å²) in [5.74, 6) is 1.39. The molecule has 7 heteroatoms. The molecule has 23 heavy (non-hydrogen) atoms. The zero-order valence-corrected chi connectivity index (χ0v) is 12.7. The highest BCUT2D eigenvalue weighted by Crippen LogP contribution is 2.21. The van der Waals surface area contributed by atoms with Crippen molar-refractivity contribution in [2.45, 2.75) is 0 Å². The van der Waals surface area contributed by atoms with Crippen molar-refractivity contribution in [3.8, 4) is 23.3 Å². The lowest BCUT2D eigenvalue weighted by Gasteiger charge is -2.08. The molecule has 0 atom stereocenters. The van der Waals surface area contributed by atoms with Crippen LogP contribution in [0.1, 0.15) is 0 Å². The van der Waals surface area contributed by atoms with Gasteiger partial charge in [0.25, 0.3) is 0 Å². The van der Waals surface area contributed by atoms with Crippen LogP contribution in [0.4, 0.5) is 11.6 Å². The fourth-order valence-electron chi connectivity index (χ4n) is 1.92. The van der Waals surface area contributed by atoms with Gasteiger partial charge in [-0.3, -0.25) is 0 Å². The number of nitrogens with zero attached hydrogens (tertiary/aromatic N) is 4. The molecule has 0 amide bonds. The third kappa shape index (κ3) is 3.52. The Balaban J connectivity index is 1.95. The van der Waals surface area contributed by atoms with Gasteiger partial charge in [-0.05, 0) is 18.2 Å². The molecule has 1 N–H and O–H groups in total. The molecular formula is C16H15N5O2. The van der Waals surface area contributed by atoms with Crippen molar-refractivity contribution in [1.29, 1.82) is 0 Å². The molecular weight excluding hydrogens is 294 g/mol. The number of ether oxygens (including phenoxy) is 2. The van der Waals surface area contributed by atoms with Gasteiger partial charge >= 0.3 is 6.01 Å². The highest BCUT2D eigenvalue weighted by molar-refractivity contribution is 5.59. The second-order valence-electron chi connectivity index (χ2n) is 4.55. The fourth-order valence-corrected chi connectivity index (χ4v) is 1.92. The standard InChI is InChI=1S/C16H15N5O2/c1-22-13-9-8-11(10-17-13)14-19-15(21-16(20-14)23-2)18-12-6-4-3-5-7-12/h3-10H,1-2H3,(H,18,19,20,21). The van der Waals surface area contributed by atoms with Crippen molar-refractivity contribution < 1.29 is 9.47 Å². The first-order valence-corrected chi connectivity index (χ1v) is 6.91. The third-order valence-electron chi connectivity index (χ3n) is 3.03. The topological polar surface area (TPSA) is 82.0 Å². The van der Waals surface area contributed by atoms with Crippen LogP contribution in [-0.4, -0.2) is 34.2 Å². The van der Waals surface area contributed by atoms with E-state index in [0.717, 1.165) is 11.3 Å². The van der Waals surface area contributed by atoms with E-state index >= 15 is 0 Å². The number of hydrogen-bond donors (Lipinski definition) is 1. The van der Waals surface area contributed by atoms with E-state index in [-0.39, 0.29) is 6.01 Å². The van der Waals surface area contributed by atoms with Gasteiger partial charge in [0.15, 0.2) is 5.82 Å². The quantitative estimate of drug-likeness (QED) is 0.776. The van der Waals surface area contributed by atoms with Crippen molar-refractivity contribution in [3.05, 3.63) is 48.7 Å². The number of hydrogen-bond acceptors (Lipinski definition) is 7. The molecule has 0 bridgehead atoms. The predicted octanol–water partition coefficient (Wildman–Crippen LogP) is 2.69. The van der Waals surface area contributed by atoms with Gasteiger partial charge in [0.05, 0.1) is 14.2 Å². The summed E-state index contributed by atoms with van der Waals surface area (Å²) < 4.78 is 10.2. The zero-order valence-electron chi connectivity index (χ0n) is 12.7. The molecule has 3 rings (SSSR count). The molecule has 0 aliphatic carbocycles. The average molecular weight is 309 g/mol. The molecule has 0 unspecified atom stereocenters. The minimum atomic E-state index is 0.226. The molecule has 3 aromatic rings. The Morgan fingerprint density at radius 2 is 1.70 bits per heavy atom. The van der Waals surface area contributed by atoms with Crippen molar-refractivity contribution >= 4 is 11.6 Å². The first kappa shape index (κ1) is 14.7. The van der Waals surface area contributed by atoms with Gasteiger partial charge in [-0.25, -0.2) is 4.98 Å². The van der Waals surface area contributed by atoms with E-state index in [1.165, 1.54) is 7.11 Å². The van der Waals surface area contributed by atoms with Gasteiger partial charge in [0.2, 0.25) is 11.8 Å². The van der Waals surface area contributed by atoms with E-state index in [1.54, 1.807) is 19.4 Å². The Kier molecular flexibility index (Phi) is 4.28. The molecule has 0 spiro atoms. The Labute approximate surface area is 133 Å². The number of para-hydroxylation sites is 1. The molecule has 0 saturated heterocycles. The summed E-state index contributed by atoms with van der Waals surface area (Å²) >= 11 is 0. The summed E-state index contributed by atoms with van der Waals surface area (Å²) in [6.45, 7) is 0. The van der Waals surface area contributed by atoms with Gasteiger partial charge in [-0.2, -0.15) is 15.0 Å². The van der Waals surface area contributed by atoms with Gasteiger partial charge in [-0.1, -0.05) is 18.2 Å². The summed E-state index contributed by atoms with van der Waals surface area (Å²) in [6.07, 6.45) is 1.64. The minimum Gasteiger partial charge on any atom is -0.481 e. The van der Waals surface area contributed by atoms with Gasteiger partial charge < -0.3 is 14.8 Å². The van der Waals surface area contributed by atoms with Crippen LogP contribution in [0.15, 0.2) is 48.7 Å². The number of methoxy groups -OCH3 is 2. The van der Waals surface area contributed by atoms with E-state index in [0.29, 0.717) is 17.7 Å². The zero-order chi connectivity index (χ0) is 16.1. The number of anilines is 2. The van der Waals surface area contributed by atoms with Crippen LogP contribution in [0, 0.1) is 0 Å². The summed E-state index contributed by atoms with van der Waals surface area (Å²) in [4.78, 5) is 17.0. The Morgan fingerprint density at radius 3 is 2.35 bits per heavy atom. The predicted molar refractivity (Wildman–Crippen MR) is 85.9 cm³/mol. The normalized spacial score (nSPS) is 10.2. The first-order valence-electron chi connectivity index (χ1n) is 6.91. The Bertz CT molecular complexity index is 778. The van der Waals surface area contributed by atoms with Crippen LogP contribution in [-0.2, 0) is 0 Å². The largest absolute Gasteiger partial charge is 0.481 e. The van der Waals surface area contributed by atoms with Crippen LogP contribution in [0.2, 0.25) is 0 Å². The summed E-state index contributed by atoms with van der Waals surface area (Å²) in [7, 11) is 3.08. The lowest BCUT2D eigenvalue weighted by molar-refractivity contribution is 0.379. The molecule has 2 aromatic heterocycles. The van der Waals surface area contributed by atoms with E-state index in [4.69, 9.17) is 9.47 Å². The van der Waals surface area contributed by atoms with Gasteiger partial charge in [0, 0.05) is 23.5 Å². The molecule has 1 aromatic carbocycles. The molecule has 0 saturated carbocycles. The highest BCUT2D eigenvalue weighted by Gasteiger charge is 2.10. The van der Waals surface area contributed by atoms with E-state index in [9.17, 15) is 0 Å². The van der Waals surface area contributed by atoms with Gasteiger partial charge in [0.1, 0.15) is 0 Å². The highest BCUT2D eigenvalue weighted by atomic mass is 16.5. The summed E-state index contributed by atoms with van der Waals surface area (Å²) in [5.41, 5.74) is 1.61. The third-order valence-corrected chi connectivity index (χ3v) is 3.03. The van der Waals surface area contributed by atoms with Crippen LogP contribution in [0.5, 0.6) is 11.9 Å². The van der Waals surface area contributed by atoms with E-state index < -0.39 is 0 Å². The summed E-state index contributed by atoms with van der Waals surface area (Å²) in [5, 5.41) is 3.12. The van der Waals surface area contributed by atoms with Crippen molar-refractivity contribution in [2.24, 2.45) is 0 Å². The smallest absolute Gasteiger partial charge is 0.321 e. The van der Waals surface area contributed by atoms with Crippen molar-refractivity contribution in [2.75, 3.05) is 19.5 Å². The summed E-state index contributed by atoms with van der Waals surface area (Å²) in [6, 6.07) is 13.4. The number of pyridine rings is 1. The van der Waals surface area contributed by atoms with E-state index in [1.807, 2.05) is 36.4 Å². The average Bonchev–Trinajstić information content (AvgIpc) is 2.62. The molecule has 2 heterocycles. The number of rotatable bonds is 5. The Hall–Kier alpha value is -3.22. The maximum atomic E-state index is 5.15. The van der Waals surface area contributed by atoms with Crippen molar-refractivity contribution in [3.63, 3.8) is 0 Å². The second-order valence-corrected chi connectivity index (χ2v) is 4.55. The van der Waals surface area contributed by atoms with Gasteiger partial charge in [-0.15, -0.1) is 0 Å². The van der Waals surface area contributed by atoms with Crippen LogP contribution in [0.25, 0.3) is 11.4 Å². The molecule has 7 nitrogen and oxygen atoms in total. The molecule has 116 valence electrons. The second kappa shape index (κ2) is 6.69. The maximum Gasteiger partial charge on any atom is 0.321 e. The monoisotopic (exact) mass is 309 g/mol. The molecule has 0 radical (unpaired) electrons. The number of nitrogens with one attached hydrogen (secondary N) is 1.